The van der Waals surface area contributed by atoms with Crippen molar-refractivity contribution in [2.75, 3.05) is 12.4 Å². The Morgan fingerprint density at radius 3 is 2.29 bits per heavy atom. The Balaban J connectivity index is 3.02. The SMILES string of the molecule is CNc1nnc([C@H](N)C(C)(C)C)n1C. The highest BCUT2D eigenvalue weighted by Gasteiger charge is 2.27. The van der Waals surface area contributed by atoms with Gasteiger partial charge in [-0.05, 0) is 5.41 Å². The maximum Gasteiger partial charge on any atom is 0.224 e. The van der Waals surface area contributed by atoms with Crippen LogP contribution in [0.1, 0.15) is 32.6 Å². The molecule has 5 heteroatoms. The minimum absolute atomic E-state index is 0.00813. The molecule has 1 aromatic rings. The van der Waals surface area contributed by atoms with Crippen LogP contribution in [0.3, 0.4) is 0 Å². The average molecular weight is 197 g/mol. The van der Waals surface area contributed by atoms with E-state index in [0.29, 0.717) is 0 Å². The van der Waals surface area contributed by atoms with Gasteiger partial charge in [0.2, 0.25) is 5.95 Å². The predicted octanol–water partition coefficient (Wildman–Crippen LogP) is 0.903. The molecule has 1 atom stereocenters. The van der Waals surface area contributed by atoms with E-state index in [-0.39, 0.29) is 11.5 Å². The number of nitrogens with two attached hydrogens (primary N) is 1. The fourth-order valence-electron chi connectivity index (χ4n) is 1.22. The van der Waals surface area contributed by atoms with Gasteiger partial charge < -0.3 is 11.1 Å². The first-order valence-corrected chi connectivity index (χ1v) is 4.70. The number of nitrogens with zero attached hydrogens (tertiary/aromatic N) is 3. The van der Waals surface area contributed by atoms with Gasteiger partial charge in [0, 0.05) is 14.1 Å². The van der Waals surface area contributed by atoms with E-state index in [2.05, 4.69) is 36.3 Å². The van der Waals surface area contributed by atoms with Gasteiger partial charge in [0.05, 0.1) is 6.04 Å². The highest BCUT2D eigenvalue weighted by atomic mass is 15.3. The molecule has 0 unspecified atom stereocenters. The number of hydrogen-bond acceptors (Lipinski definition) is 4. The first-order valence-electron chi connectivity index (χ1n) is 4.70. The normalized spacial score (nSPS) is 14.1. The number of nitrogens with one attached hydrogen (secondary N) is 1. The summed E-state index contributed by atoms with van der Waals surface area (Å²) in [5.74, 6) is 1.54. The fourth-order valence-corrected chi connectivity index (χ4v) is 1.22. The number of rotatable bonds is 2. The van der Waals surface area contributed by atoms with Crippen molar-refractivity contribution >= 4 is 5.95 Å². The summed E-state index contributed by atoms with van der Waals surface area (Å²) in [6, 6.07) is -0.109. The van der Waals surface area contributed by atoms with Crippen LogP contribution in [0.15, 0.2) is 0 Å². The first-order chi connectivity index (χ1) is 6.38. The van der Waals surface area contributed by atoms with Gasteiger partial charge in [0.15, 0.2) is 5.82 Å². The zero-order valence-corrected chi connectivity index (χ0v) is 9.50. The van der Waals surface area contributed by atoms with Crippen LogP contribution in [0.2, 0.25) is 0 Å². The average Bonchev–Trinajstić information content (AvgIpc) is 2.43. The van der Waals surface area contributed by atoms with Gasteiger partial charge in [-0.25, -0.2) is 0 Å². The number of aromatic nitrogens is 3. The molecule has 1 rings (SSSR count). The standard InChI is InChI=1S/C9H19N5/c1-9(2,3)6(10)7-12-13-8(11-4)14(7)5/h6H,10H2,1-5H3,(H,11,13)/t6-/m0/s1. The van der Waals surface area contributed by atoms with E-state index < -0.39 is 0 Å². The first kappa shape index (κ1) is 11.0. The molecule has 80 valence electrons. The third-order valence-electron chi connectivity index (χ3n) is 2.34. The second-order valence-corrected chi connectivity index (χ2v) is 4.53. The zero-order valence-electron chi connectivity index (χ0n) is 9.50. The molecule has 1 heterocycles. The van der Waals surface area contributed by atoms with Crippen LogP contribution in [0.5, 0.6) is 0 Å². The van der Waals surface area contributed by atoms with Gasteiger partial charge in [-0.2, -0.15) is 0 Å². The molecule has 0 amide bonds. The van der Waals surface area contributed by atoms with E-state index in [1.54, 1.807) is 0 Å². The lowest BCUT2D eigenvalue weighted by molar-refractivity contribution is 0.310. The maximum absolute atomic E-state index is 6.09. The van der Waals surface area contributed by atoms with Crippen LogP contribution >= 0.6 is 0 Å². The van der Waals surface area contributed by atoms with Crippen molar-refractivity contribution in [3.63, 3.8) is 0 Å². The van der Waals surface area contributed by atoms with Crippen molar-refractivity contribution in [3.05, 3.63) is 5.82 Å². The van der Waals surface area contributed by atoms with Gasteiger partial charge >= 0.3 is 0 Å². The van der Waals surface area contributed by atoms with Gasteiger partial charge in [-0.1, -0.05) is 20.8 Å². The Bertz CT molecular complexity index is 309. The van der Waals surface area contributed by atoms with E-state index >= 15 is 0 Å². The van der Waals surface area contributed by atoms with Crippen LogP contribution in [-0.2, 0) is 7.05 Å². The van der Waals surface area contributed by atoms with Crippen molar-refractivity contribution in [2.45, 2.75) is 26.8 Å². The predicted molar refractivity (Wildman–Crippen MR) is 56.9 cm³/mol. The summed E-state index contributed by atoms with van der Waals surface area (Å²) in [5, 5.41) is 11.0. The van der Waals surface area contributed by atoms with E-state index in [1.807, 2.05) is 18.7 Å². The Hall–Kier alpha value is -1.10. The lowest BCUT2D eigenvalue weighted by atomic mass is 9.87. The third-order valence-corrected chi connectivity index (χ3v) is 2.34. The minimum Gasteiger partial charge on any atom is -0.357 e. The Morgan fingerprint density at radius 2 is 1.93 bits per heavy atom. The van der Waals surface area contributed by atoms with Gasteiger partial charge in [0.25, 0.3) is 0 Å². The van der Waals surface area contributed by atoms with Crippen LogP contribution in [0.4, 0.5) is 5.95 Å². The number of hydrogen-bond donors (Lipinski definition) is 2. The van der Waals surface area contributed by atoms with E-state index in [9.17, 15) is 0 Å². The second-order valence-electron chi connectivity index (χ2n) is 4.53. The largest absolute Gasteiger partial charge is 0.357 e. The Kier molecular flexibility index (Phi) is 2.80. The summed E-state index contributed by atoms with van der Waals surface area (Å²) in [6.45, 7) is 6.27. The van der Waals surface area contributed by atoms with E-state index in [0.717, 1.165) is 11.8 Å². The molecule has 3 N–H and O–H groups in total. The number of anilines is 1. The Morgan fingerprint density at radius 1 is 1.36 bits per heavy atom. The molecule has 0 radical (unpaired) electrons. The molecule has 5 nitrogen and oxygen atoms in total. The van der Waals surface area contributed by atoms with Crippen LogP contribution in [0.25, 0.3) is 0 Å². The van der Waals surface area contributed by atoms with Crippen LogP contribution < -0.4 is 11.1 Å². The fraction of sp³-hybridized carbons (Fsp3) is 0.778. The molecular formula is C9H19N5. The molecule has 0 bridgehead atoms. The topological polar surface area (TPSA) is 68.8 Å². The summed E-state index contributed by atoms with van der Waals surface area (Å²) in [6.07, 6.45) is 0. The van der Waals surface area contributed by atoms with Crippen LogP contribution in [-0.4, -0.2) is 21.8 Å². The van der Waals surface area contributed by atoms with Gasteiger partial charge in [-0.15, -0.1) is 10.2 Å². The van der Waals surface area contributed by atoms with Crippen molar-refractivity contribution in [2.24, 2.45) is 18.2 Å². The molecule has 0 aromatic carbocycles. The summed E-state index contributed by atoms with van der Waals surface area (Å²) in [7, 11) is 3.73. The highest BCUT2D eigenvalue weighted by molar-refractivity contribution is 5.25. The van der Waals surface area contributed by atoms with Crippen molar-refractivity contribution in [1.29, 1.82) is 0 Å². The second kappa shape index (κ2) is 3.57. The maximum atomic E-state index is 6.09. The highest BCUT2D eigenvalue weighted by Crippen LogP contribution is 2.29. The zero-order chi connectivity index (χ0) is 10.9. The molecule has 0 aliphatic rings. The van der Waals surface area contributed by atoms with Crippen molar-refractivity contribution < 1.29 is 0 Å². The molecule has 0 aliphatic heterocycles. The molecule has 0 aliphatic carbocycles. The third kappa shape index (κ3) is 1.87. The van der Waals surface area contributed by atoms with E-state index in [1.165, 1.54) is 0 Å². The molecule has 0 spiro atoms. The molecule has 14 heavy (non-hydrogen) atoms. The van der Waals surface area contributed by atoms with Gasteiger partial charge in [-0.3, -0.25) is 4.57 Å². The molecular weight excluding hydrogens is 178 g/mol. The van der Waals surface area contributed by atoms with Crippen molar-refractivity contribution in [1.82, 2.24) is 14.8 Å². The smallest absolute Gasteiger partial charge is 0.224 e. The molecule has 1 aromatic heterocycles. The summed E-state index contributed by atoms with van der Waals surface area (Å²) >= 11 is 0. The Labute approximate surface area is 84.7 Å². The summed E-state index contributed by atoms with van der Waals surface area (Å²) < 4.78 is 1.88. The lowest BCUT2D eigenvalue weighted by Crippen LogP contribution is -2.29. The summed E-state index contributed by atoms with van der Waals surface area (Å²) in [5.41, 5.74) is 6.08. The van der Waals surface area contributed by atoms with Gasteiger partial charge in [0.1, 0.15) is 0 Å². The molecule has 0 saturated carbocycles. The molecule has 0 fully saturated rings. The lowest BCUT2D eigenvalue weighted by Gasteiger charge is -2.25. The quantitative estimate of drug-likeness (QED) is 0.739. The molecule has 0 saturated heterocycles. The van der Waals surface area contributed by atoms with E-state index in [4.69, 9.17) is 5.73 Å². The van der Waals surface area contributed by atoms with Crippen LogP contribution in [0, 0.1) is 5.41 Å². The van der Waals surface area contributed by atoms with Crippen molar-refractivity contribution in [3.8, 4) is 0 Å². The minimum atomic E-state index is -0.109. The monoisotopic (exact) mass is 197 g/mol. The summed E-state index contributed by atoms with van der Waals surface area (Å²) in [4.78, 5) is 0.